The molecule has 0 aliphatic rings. The van der Waals surface area contributed by atoms with Gasteiger partial charge in [-0.3, -0.25) is 0 Å². The fourth-order valence-electron chi connectivity index (χ4n) is 1.32. The van der Waals surface area contributed by atoms with Crippen molar-refractivity contribution < 1.29 is 21.7 Å². The maximum absolute atomic E-state index is 5.27. The number of methoxy groups -OCH3 is 1. The SMILES string of the molecule is COc1[c-]cc(C)cc1C(C)(C)C.[Br-].[Mg+2]. The van der Waals surface area contributed by atoms with Gasteiger partial charge in [-0.05, 0) is 0 Å². The summed E-state index contributed by atoms with van der Waals surface area (Å²) in [6, 6.07) is 7.25. The monoisotopic (exact) mass is 280 g/mol. The molecule has 0 heterocycles. The van der Waals surface area contributed by atoms with Crippen LogP contribution in [0, 0.1) is 13.0 Å². The molecule has 0 aromatic heterocycles. The average molecular weight is 281 g/mol. The molecule has 0 bridgehead atoms. The Hall–Kier alpha value is 0.266. The Morgan fingerprint density at radius 1 is 1.27 bits per heavy atom. The minimum atomic E-state index is 0. The Labute approximate surface area is 120 Å². The number of benzene rings is 1. The first-order valence-corrected chi connectivity index (χ1v) is 4.52. The summed E-state index contributed by atoms with van der Waals surface area (Å²) in [5.74, 6) is 0.859. The van der Waals surface area contributed by atoms with E-state index in [2.05, 4.69) is 39.8 Å². The summed E-state index contributed by atoms with van der Waals surface area (Å²) in [5, 5.41) is 0. The van der Waals surface area contributed by atoms with E-state index in [-0.39, 0.29) is 45.4 Å². The van der Waals surface area contributed by atoms with Crippen LogP contribution in [0.3, 0.4) is 0 Å². The summed E-state index contributed by atoms with van der Waals surface area (Å²) in [7, 11) is 1.69. The standard InChI is InChI=1S/C12H17O.BrH.Mg/c1-9-6-7-11(13-5)10(8-9)12(2,3)4;;/h6,8H,1-5H3;1H;/q-1;;+2/p-1. The summed E-state index contributed by atoms with van der Waals surface area (Å²) in [5.41, 5.74) is 2.56. The summed E-state index contributed by atoms with van der Waals surface area (Å²) in [6.07, 6.45) is 0. The van der Waals surface area contributed by atoms with E-state index in [1.165, 1.54) is 11.1 Å². The number of ether oxygens (including phenoxy) is 1. The average Bonchev–Trinajstić information content (AvgIpc) is 2.03. The Morgan fingerprint density at radius 3 is 2.20 bits per heavy atom. The quantitative estimate of drug-likeness (QED) is 0.508. The molecule has 15 heavy (non-hydrogen) atoms. The smallest absolute Gasteiger partial charge is 1.00 e. The normalized spacial score (nSPS) is 9.93. The molecule has 0 spiro atoms. The van der Waals surface area contributed by atoms with Gasteiger partial charge in [0.1, 0.15) is 0 Å². The Balaban J connectivity index is 0. The second kappa shape index (κ2) is 6.76. The summed E-state index contributed by atoms with van der Waals surface area (Å²) in [4.78, 5) is 0. The molecule has 3 heteroatoms. The first kappa shape index (κ1) is 17.7. The first-order valence-electron chi connectivity index (χ1n) is 4.52. The third kappa shape index (κ3) is 4.75. The first-order chi connectivity index (χ1) is 5.95. The molecule has 1 nitrogen and oxygen atoms in total. The molecule has 0 aliphatic heterocycles. The van der Waals surface area contributed by atoms with Crippen molar-refractivity contribution in [3.8, 4) is 5.75 Å². The summed E-state index contributed by atoms with van der Waals surface area (Å²) >= 11 is 0. The fraction of sp³-hybridized carbons (Fsp3) is 0.500. The molecular weight excluding hydrogens is 264 g/mol. The van der Waals surface area contributed by atoms with Gasteiger partial charge in [-0.15, -0.1) is 11.6 Å². The predicted molar refractivity (Wildman–Crippen MR) is 61.0 cm³/mol. The minimum Gasteiger partial charge on any atom is -1.00 e. The molecule has 80 valence electrons. The third-order valence-corrected chi connectivity index (χ3v) is 2.06. The molecule has 0 aliphatic carbocycles. The van der Waals surface area contributed by atoms with E-state index in [0.717, 1.165) is 5.75 Å². The molecule has 0 atom stereocenters. The molecule has 0 amide bonds. The molecule has 0 unspecified atom stereocenters. The van der Waals surface area contributed by atoms with Crippen LogP contribution in [-0.2, 0) is 5.41 Å². The van der Waals surface area contributed by atoms with Crippen LogP contribution >= 0.6 is 0 Å². The van der Waals surface area contributed by atoms with Crippen molar-refractivity contribution >= 4 is 23.1 Å². The van der Waals surface area contributed by atoms with E-state index in [1.54, 1.807) is 7.11 Å². The van der Waals surface area contributed by atoms with Gasteiger partial charge < -0.3 is 21.7 Å². The maximum atomic E-state index is 5.27. The number of hydrogen-bond acceptors (Lipinski definition) is 1. The van der Waals surface area contributed by atoms with E-state index in [1.807, 2.05) is 6.07 Å². The van der Waals surface area contributed by atoms with E-state index < -0.39 is 0 Å². The van der Waals surface area contributed by atoms with Crippen LogP contribution in [0.5, 0.6) is 5.75 Å². The Morgan fingerprint density at radius 2 is 1.80 bits per heavy atom. The molecule has 1 aromatic carbocycles. The van der Waals surface area contributed by atoms with Gasteiger partial charge in [-0.25, -0.2) is 0 Å². The van der Waals surface area contributed by atoms with Gasteiger partial charge >= 0.3 is 23.1 Å². The van der Waals surface area contributed by atoms with Crippen molar-refractivity contribution in [3.63, 3.8) is 0 Å². The van der Waals surface area contributed by atoms with Crippen LogP contribution in [0.15, 0.2) is 12.1 Å². The molecule has 0 fully saturated rings. The molecule has 0 radical (unpaired) electrons. The van der Waals surface area contributed by atoms with Gasteiger partial charge in [-0.2, -0.15) is 17.7 Å². The Bertz CT molecular complexity index is 305. The zero-order valence-electron chi connectivity index (χ0n) is 10.1. The topological polar surface area (TPSA) is 9.23 Å². The molecular formula is C12H17BrMgO. The molecule has 0 saturated heterocycles. The van der Waals surface area contributed by atoms with E-state index in [4.69, 9.17) is 4.74 Å². The van der Waals surface area contributed by atoms with Crippen LogP contribution in [0.2, 0.25) is 0 Å². The van der Waals surface area contributed by atoms with Gasteiger partial charge in [0.05, 0.1) is 7.11 Å². The third-order valence-electron chi connectivity index (χ3n) is 2.06. The number of halogens is 1. The van der Waals surface area contributed by atoms with E-state index >= 15 is 0 Å². The van der Waals surface area contributed by atoms with Crippen LogP contribution < -0.4 is 21.7 Å². The van der Waals surface area contributed by atoms with E-state index in [9.17, 15) is 0 Å². The fourth-order valence-corrected chi connectivity index (χ4v) is 1.32. The largest absolute Gasteiger partial charge is 2.00 e. The van der Waals surface area contributed by atoms with Crippen molar-refractivity contribution in [3.05, 3.63) is 29.3 Å². The summed E-state index contributed by atoms with van der Waals surface area (Å²) < 4.78 is 5.27. The van der Waals surface area contributed by atoms with Crippen molar-refractivity contribution in [2.45, 2.75) is 33.1 Å². The number of aryl methyl sites for hydroxylation is 1. The Kier molecular flexibility index (Phi) is 7.96. The van der Waals surface area contributed by atoms with Crippen molar-refractivity contribution in [1.82, 2.24) is 0 Å². The second-order valence-corrected chi connectivity index (χ2v) is 4.37. The predicted octanol–water partition coefficient (Wildman–Crippen LogP) is -0.275. The zero-order chi connectivity index (χ0) is 10.1. The summed E-state index contributed by atoms with van der Waals surface area (Å²) in [6.45, 7) is 8.61. The van der Waals surface area contributed by atoms with Crippen LogP contribution in [-0.4, -0.2) is 30.2 Å². The van der Waals surface area contributed by atoms with Crippen LogP contribution in [0.25, 0.3) is 0 Å². The number of rotatable bonds is 1. The van der Waals surface area contributed by atoms with Crippen molar-refractivity contribution in [1.29, 1.82) is 0 Å². The minimum absolute atomic E-state index is 0. The van der Waals surface area contributed by atoms with E-state index in [0.29, 0.717) is 0 Å². The van der Waals surface area contributed by atoms with Crippen LogP contribution in [0.4, 0.5) is 0 Å². The van der Waals surface area contributed by atoms with Crippen molar-refractivity contribution in [2.75, 3.05) is 7.11 Å². The van der Waals surface area contributed by atoms with Gasteiger partial charge in [-0.1, -0.05) is 33.1 Å². The van der Waals surface area contributed by atoms with Gasteiger partial charge in [0.15, 0.2) is 0 Å². The van der Waals surface area contributed by atoms with Crippen molar-refractivity contribution in [2.24, 2.45) is 0 Å². The van der Waals surface area contributed by atoms with Crippen LogP contribution in [0.1, 0.15) is 31.9 Å². The molecule has 1 rings (SSSR count). The van der Waals surface area contributed by atoms with Gasteiger partial charge in [0.25, 0.3) is 0 Å². The maximum Gasteiger partial charge on any atom is 2.00 e. The van der Waals surface area contributed by atoms with Gasteiger partial charge in [0, 0.05) is 5.75 Å². The zero-order valence-corrected chi connectivity index (χ0v) is 13.1. The molecule has 0 N–H and O–H groups in total. The van der Waals surface area contributed by atoms with Gasteiger partial charge in [0.2, 0.25) is 0 Å². The second-order valence-electron chi connectivity index (χ2n) is 4.37. The number of hydrogen-bond donors (Lipinski definition) is 0. The molecule has 1 aromatic rings. The molecule has 0 saturated carbocycles.